The van der Waals surface area contributed by atoms with E-state index in [-0.39, 0.29) is 0 Å². The van der Waals surface area contributed by atoms with Crippen LogP contribution in [0.15, 0.2) is 39.4 Å². The fraction of sp³-hybridized carbons (Fsp3) is 0.333. The lowest BCUT2D eigenvalue weighted by Gasteiger charge is -2.13. The molecule has 0 saturated carbocycles. The van der Waals surface area contributed by atoms with Crippen molar-refractivity contribution in [3.63, 3.8) is 0 Å². The summed E-state index contributed by atoms with van der Waals surface area (Å²) in [5, 5.41) is 3.45. The van der Waals surface area contributed by atoms with Crippen LogP contribution >= 0.6 is 31.9 Å². The van der Waals surface area contributed by atoms with Gasteiger partial charge in [-0.05, 0) is 56.5 Å². The first-order valence-electron chi connectivity index (χ1n) is 6.56. The minimum Gasteiger partial charge on any atom is -0.495 e. The lowest BCUT2D eigenvalue weighted by molar-refractivity contribution is 0.412. The van der Waals surface area contributed by atoms with Gasteiger partial charge in [-0.2, -0.15) is 0 Å². The van der Waals surface area contributed by atoms with E-state index in [0.717, 1.165) is 39.9 Å². The van der Waals surface area contributed by atoms with Crippen molar-refractivity contribution < 1.29 is 4.74 Å². The first-order valence-corrected chi connectivity index (χ1v) is 8.15. The van der Waals surface area contributed by atoms with Crippen LogP contribution in [-0.4, -0.2) is 11.7 Å². The fourth-order valence-corrected chi connectivity index (χ4v) is 3.37. The predicted molar refractivity (Wildman–Crippen MR) is 90.4 cm³/mol. The van der Waals surface area contributed by atoms with Crippen LogP contribution in [0.5, 0.6) is 5.75 Å². The summed E-state index contributed by atoms with van der Waals surface area (Å²) in [6.45, 7) is 4.03. The van der Waals surface area contributed by atoms with Crippen molar-refractivity contribution in [1.82, 2.24) is 4.57 Å². The van der Waals surface area contributed by atoms with Crippen LogP contribution in [0.2, 0.25) is 0 Å². The normalized spacial score (nSPS) is 10.6. The van der Waals surface area contributed by atoms with Crippen LogP contribution in [-0.2, 0) is 13.1 Å². The highest BCUT2D eigenvalue weighted by atomic mass is 79.9. The lowest BCUT2D eigenvalue weighted by atomic mass is 10.3. The molecule has 5 heteroatoms. The van der Waals surface area contributed by atoms with Crippen molar-refractivity contribution in [1.29, 1.82) is 0 Å². The summed E-state index contributed by atoms with van der Waals surface area (Å²) in [5.41, 5.74) is 2.30. The summed E-state index contributed by atoms with van der Waals surface area (Å²) in [7, 11) is 1.67. The monoisotopic (exact) mass is 400 g/mol. The van der Waals surface area contributed by atoms with Crippen LogP contribution in [0, 0.1) is 0 Å². The van der Waals surface area contributed by atoms with E-state index in [4.69, 9.17) is 4.74 Å². The molecule has 3 nitrogen and oxygen atoms in total. The highest BCUT2D eigenvalue weighted by Crippen LogP contribution is 2.34. The highest BCUT2D eigenvalue weighted by molar-refractivity contribution is 9.11. The van der Waals surface area contributed by atoms with Gasteiger partial charge < -0.3 is 14.6 Å². The number of aryl methyl sites for hydroxylation is 1. The Balaban J connectivity index is 2.12. The third-order valence-corrected chi connectivity index (χ3v) is 4.37. The average Bonchev–Trinajstić information content (AvgIpc) is 2.86. The Morgan fingerprint density at radius 3 is 2.75 bits per heavy atom. The van der Waals surface area contributed by atoms with E-state index in [9.17, 15) is 0 Å². The highest BCUT2D eigenvalue weighted by Gasteiger charge is 2.08. The molecule has 0 spiro atoms. The maximum atomic E-state index is 5.33. The van der Waals surface area contributed by atoms with Gasteiger partial charge in [0, 0.05) is 29.0 Å². The topological polar surface area (TPSA) is 26.2 Å². The van der Waals surface area contributed by atoms with Gasteiger partial charge in [0.05, 0.1) is 23.8 Å². The van der Waals surface area contributed by atoms with Gasteiger partial charge in [-0.15, -0.1) is 0 Å². The number of nitrogens with one attached hydrogen (secondary N) is 1. The summed E-state index contributed by atoms with van der Waals surface area (Å²) in [6.07, 6.45) is 3.26. The molecule has 20 heavy (non-hydrogen) atoms. The third kappa shape index (κ3) is 3.58. The number of anilines is 1. The van der Waals surface area contributed by atoms with Gasteiger partial charge in [-0.3, -0.25) is 0 Å². The Kier molecular flexibility index (Phi) is 5.54. The van der Waals surface area contributed by atoms with Gasteiger partial charge in [0.1, 0.15) is 5.75 Å². The van der Waals surface area contributed by atoms with Gasteiger partial charge in [-0.25, -0.2) is 0 Å². The van der Waals surface area contributed by atoms with Gasteiger partial charge in [0.2, 0.25) is 0 Å². The maximum Gasteiger partial charge on any atom is 0.135 e. The lowest BCUT2D eigenvalue weighted by Crippen LogP contribution is -2.07. The number of nitrogens with zero attached hydrogens (tertiary/aromatic N) is 1. The Morgan fingerprint density at radius 2 is 2.05 bits per heavy atom. The second-order valence-electron chi connectivity index (χ2n) is 4.51. The molecule has 2 rings (SSSR count). The van der Waals surface area contributed by atoms with E-state index in [1.54, 1.807) is 7.11 Å². The zero-order chi connectivity index (χ0) is 14.5. The summed E-state index contributed by atoms with van der Waals surface area (Å²) < 4.78 is 9.55. The minimum atomic E-state index is 0.788. The number of hydrogen-bond donors (Lipinski definition) is 1. The molecule has 0 atom stereocenters. The van der Waals surface area contributed by atoms with Crippen LogP contribution in [0.4, 0.5) is 5.69 Å². The number of rotatable bonds is 6. The first-order chi connectivity index (χ1) is 9.65. The van der Waals surface area contributed by atoms with E-state index in [0.29, 0.717) is 0 Å². The van der Waals surface area contributed by atoms with Gasteiger partial charge in [0.15, 0.2) is 0 Å². The Labute approximate surface area is 136 Å². The number of hydrogen-bond acceptors (Lipinski definition) is 2. The number of methoxy groups -OCH3 is 1. The van der Waals surface area contributed by atoms with E-state index < -0.39 is 0 Å². The molecule has 0 fully saturated rings. The molecule has 0 aliphatic carbocycles. The van der Waals surface area contributed by atoms with Crippen molar-refractivity contribution in [2.75, 3.05) is 12.4 Å². The second-order valence-corrected chi connectivity index (χ2v) is 6.22. The number of halogens is 2. The summed E-state index contributed by atoms with van der Waals surface area (Å²) in [4.78, 5) is 0. The molecule has 1 aromatic carbocycles. The van der Waals surface area contributed by atoms with Crippen molar-refractivity contribution in [2.45, 2.75) is 26.4 Å². The van der Waals surface area contributed by atoms with Crippen LogP contribution < -0.4 is 10.1 Å². The molecule has 2 aromatic rings. The molecule has 0 bridgehead atoms. The number of benzene rings is 1. The SMILES string of the molecule is CCCn1cccc1CNc1cc(OC)c(Br)cc1Br. The molecule has 0 aliphatic heterocycles. The van der Waals surface area contributed by atoms with Crippen LogP contribution in [0.25, 0.3) is 0 Å². The molecule has 108 valence electrons. The van der Waals surface area contributed by atoms with Crippen LogP contribution in [0.1, 0.15) is 19.0 Å². The zero-order valence-corrected chi connectivity index (χ0v) is 14.8. The molecule has 1 heterocycles. The molecule has 0 saturated heterocycles. The summed E-state index contributed by atoms with van der Waals surface area (Å²) >= 11 is 7.05. The second kappa shape index (κ2) is 7.18. The standard InChI is InChI=1S/C15H18Br2N2O/c1-3-6-19-7-4-5-11(19)10-18-14-9-15(20-2)13(17)8-12(14)16/h4-5,7-9,18H,3,6,10H2,1-2H3. The fourth-order valence-electron chi connectivity index (χ4n) is 2.08. The molecule has 1 N–H and O–H groups in total. The van der Waals surface area contributed by atoms with Gasteiger partial charge in [0.25, 0.3) is 0 Å². The number of ether oxygens (including phenoxy) is 1. The van der Waals surface area contributed by atoms with Crippen LogP contribution in [0.3, 0.4) is 0 Å². The molecular formula is C15H18Br2N2O. The molecule has 0 radical (unpaired) electrons. The molecule has 1 aromatic heterocycles. The Bertz CT molecular complexity index is 581. The Morgan fingerprint density at radius 1 is 1.25 bits per heavy atom. The van der Waals surface area contributed by atoms with E-state index in [2.05, 4.69) is 67.0 Å². The molecular weight excluding hydrogens is 384 g/mol. The minimum absolute atomic E-state index is 0.788. The third-order valence-electron chi connectivity index (χ3n) is 3.09. The predicted octanol–water partition coefficient (Wildman–Crippen LogP) is 5.04. The Hall–Kier alpha value is -0.940. The van der Waals surface area contributed by atoms with E-state index in [1.165, 1.54) is 5.69 Å². The zero-order valence-electron chi connectivity index (χ0n) is 11.6. The molecule has 0 amide bonds. The summed E-state index contributed by atoms with van der Waals surface area (Å²) in [5.74, 6) is 0.819. The van der Waals surface area contributed by atoms with E-state index in [1.807, 2.05) is 12.1 Å². The van der Waals surface area contributed by atoms with Crippen molar-refractivity contribution in [3.05, 3.63) is 45.1 Å². The smallest absolute Gasteiger partial charge is 0.135 e. The molecule has 0 unspecified atom stereocenters. The largest absolute Gasteiger partial charge is 0.495 e. The first kappa shape index (κ1) is 15.4. The van der Waals surface area contributed by atoms with Crippen molar-refractivity contribution >= 4 is 37.5 Å². The average molecular weight is 402 g/mol. The van der Waals surface area contributed by atoms with Crippen molar-refractivity contribution in [3.8, 4) is 5.75 Å². The number of aromatic nitrogens is 1. The molecule has 0 aliphatic rings. The van der Waals surface area contributed by atoms with Crippen molar-refractivity contribution in [2.24, 2.45) is 0 Å². The van der Waals surface area contributed by atoms with Gasteiger partial charge in [-0.1, -0.05) is 6.92 Å². The van der Waals surface area contributed by atoms with E-state index >= 15 is 0 Å². The summed E-state index contributed by atoms with van der Waals surface area (Å²) in [6, 6.07) is 8.21. The van der Waals surface area contributed by atoms with Gasteiger partial charge >= 0.3 is 0 Å². The quantitative estimate of drug-likeness (QED) is 0.733. The maximum absolute atomic E-state index is 5.33.